The third-order valence-corrected chi connectivity index (χ3v) is 6.29. The molecule has 0 fully saturated rings. The van der Waals surface area contributed by atoms with Crippen LogP contribution in [0.5, 0.6) is 5.88 Å². The number of hydrogen-bond acceptors (Lipinski definition) is 6. The summed E-state index contributed by atoms with van der Waals surface area (Å²) in [4.78, 5) is 31.7. The van der Waals surface area contributed by atoms with Crippen molar-refractivity contribution < 1.29 is 9.53 Å². The molecule has 0 atom stereocenters. The molecule has 0 aliphatic carbocycles. The number of rotatable bonds is 5. The Morgan fingerprint density at radius 2 is 2.06 bits per heavy atom. The SMILES string of the molecule is Cc1cn(-c2ccc3n(c2=O)CCN(CCOc2nsc4ccc(Cl)cc24)C3=O)cn1. The predicted octanol–water partition coefficient (Wildman–Crippen LogP) is 3.14. The number of amides is 1. The quantitative estimate of drug-likeness (QED) is 0.461. The summed E-state index contributed by atoms with van der Waals surface area (Å²) in [5.41, 5.74) is 1.47. The summed E-state index contributed by atoms with van der Waals surface area (Å²) in [6.07, 6.45) is 3.38. The number of halogens is 1. The zero-order valence-corrected chi connectivity index (χ0v) is 18.2. The number of aromatic nitrogens is 4. The van der Waals surface area contributed by atoms with Gasteiger partial charge in [-0.05, 0) is 48.8 Å². The lowest BCUT2D eigenvalue weighted by molar-refractivity contribution is 0.0672. The highest BCUT2D eigenvalue weighted by Gasteiger charge is 2.26. The highest BCUT2D eigenvalue weighted by atomic mass is 35.5. The molecule has 1 amide bonds. The highest BCUT2D eigenvalue weighted by Crippen LogP contribution is 2.30. The van der Waals surface area contributed by atoms with E-state index in [0.717, 1.165) is 15.8 Å². The normalized spacial score (nSPS) is 13.6. The first kappa shape index (κ1) is 19.8. The minimum absolute atomic E-state index is 0.188. The van der Waals surface area contributed by atoms with Gasteiger partial charge >= 0.3 is 0 Å². The molecule has 10 heteroatoms. The van der Waals surface area contributed by atoms with Gasteiger partial charge in [0.2, 0.25) is 5.88 Å². The first-order valence-corrected chi connectivity index (χ1v) is 10.9. The van der Waals surface area contributed by atoms with Gasteiger partial charge in [-0.15, -0.1) is 0 Å². The minimum Gasteiger partial charge on any atom is -0.475 e. The highest BCUT2D eigenvalue weighted by molar-refractivity contribution is 7.13. The first-order chi connectivity index (χ1) is 15.0. The number of ether oxygens (including phenoxy) is 1. The van der Waals surface area contributed by atoms with Crippen molar-refractivity contribution in [3.05, 3.63) is 69.6 Å². The maximum absolute atomic E-state index is 12.9. The first-order valence-electron chi connectivity index (χ1n) is 9.73. The van der Waals surface area contributed by atoms with Gasteiger partial charge in [-0.25, -0.2) is 4.98 Å². The van der Waals surface area contributed by atoms with Crippen molar-refractivity contribution in [2.45, 2.75) is 13.5 Å². The second-order valence-electron chi connectivity index (χ2n) is 7.25. The summed E-state index contributed by atoms with van der Waals surface area (Å²) >= 11 is 7.41. The Morgan fingerprint density at radius 3 is 2.87 bits per heavy atom. The van der Waals surface area contributed by atoms with Gasteiger partial charge in [-0.2, -0.15) is 4.37 Å². The Morgan fingerprint density at radius 1 is 1.19 bits per heavy atom. The molecule has 3 aromatic heterocycles. The zero-order chi connectivity index (χ0) is 21.5. The van der Waals surface area contributed by atoms with E-state index in [-0.39, 0.29) is 11.5 Å². The number of benzene rings is 1. The van der Waals surface area contributed by atoms with Crippen LogP contribution < -0.4 is 10.3 Å². The van der Waals surface area contributed by atoms with Crippen LogP contribution in [0.4, 0.5) is 0 Å². The summed E-state index contributed by atoms with van der Waals surface area (Å²) in [5.74, 6) is 0.329. The van der Waals surface area contributed by atoms with Gasteiger partial charge in [-0.3, -0.25) is 9.59 Å². The largest absolute Gasteiger partial charge is 0.475 e. The van der Waals surface area contributed by atoms with Gasteiger partial charge < -0.3 is 18.8 Å². The lowest BCUT2D eigenvalue weighted by Crippen LogP contribution is -2.46. The number of imidazole rings is 1. The standard InChI is InChI=1S/C21H18ClN5O3S/c1-13-11-26(12-23-13)16-3-4-17-20(28)25(6-7-27(17)21(16)29)8-9-30-19-15-10-14(22)2-5-18(15)31-24-19/h2-5,10-12H,6-9H2,1H3. The van der Waals surface area contributed by atoms with E-state index >= 15 is 0 Å². The summed E-state index contributed by atoms with van der Waals surface area (Å²) in [5, 5.41) is 1.48. The molecule has 0 bridgehead atoms. The van der Waals surface area contributed by atoms with E-state index in [1.54, 1.807) is 34.1 Å². The van der Waals surface area contributed by atoms with E-state index in [4.69, 9.17) is 16.3 Å². The molecule has 1 aliphatic heterocycles. The molecule has 0 N–H and O–H groups in total. The molecular formula is C21H18ClN5O3S. The Labute approximate surface area is 186 Å². The number of fused-ring (bicyclic) bond motifs is 2. The van der Waals surface area contributed by atoms with Crippen LogP contribution in [-0.2, 0) is 6.54 Å². The van der Waals surface area contributed by atoms with Crippen LogP contribution in [0.1, 0.15) is 16.2 Å². The van der Waals surface area contributed by atoms with Crippen LogP contribution >= 0.6 is 23.1 Å². The van der Waals surface area contributed by atoms with E-state index in [1.807, 2.05) is 25.1 Å². The smallest absolute Gasteiger partial charge is 0.275 e. The molecule has 0 radical (unpaired) electrons. The van der Waals surface area contributed by atoms with Gasteiger partial charge in [0.1, 0.15) is 18.0 Å². The van der Waals surface area contributed by atoms with Crippen molar-refractivity contribution in [3.63, 3.8) is 0 Å². The topological polar surface area (TPSA) is 82.3 Å². The molecule has 0 unspecified atom stereocenters. The Balaban J connectivity index is 1.30. The van der Waals surface area contributed by atoms with E-state index in [0.29, 0.717) is 48.5 Å². The third kappa shape index (κ3) is 3.60. The molecule has 158 valence electrons. The third-order valence-electron chi connectivity index (χ3n) is 5.24. The summed E-state index contributed by atoms with van der Waals surface area (Å²) < 4.78 is 14.4. The Bertz CT molecular complexity index is 1360. The molecular weight excluding hydrogens is 438 g/mol. The number of carbonyl (C=O) groups excluding carboxylic acids is 1. The van der Waals surface area contributed by atoms with Gasteiger partial charge in [-0.1, -0.05) is 11.6 Å². The van der Waals surface area contributed by atoms with Crippen LogP contribution in [0.15, 0.2) is 47.7 Å². The van der Waals surface area contributed by atoms with Gasteiger partial charge in [0, 0.05) is 24.3 Å². The molecule has 4 aromatic rings. The molecule has 1 aromatic carbocycles. The summed E-state index contributed by atoms with van der Waals surface area (Å²) in [6, 6.07) is 8.90. The van der Waals surface area contributed by atoms with Crippen LogP contribution in [0, 0.1) is 6.92 Å². The molecule has 5 rings (SSSR count). The van der Waals surface area contributed by atoms with Crippen molar-refractivity contribution in [2.75, 3.05) is 19.7 Å². The second-order valence-corrected chi connectivity index (χ2v) is 8.49. The number of pyridine rings is 1. The van der Waals surface area contributed by atoms with E-state index < -0.39 is 0 Å². The molecule has 4 heterocycles. The predicted molar refractivity (Wildman–Crippen MR) is 119 cm³/mol. The van der Waals surface area contributed by atoms with Crippen LogP contribution in [0.25, 0.3) is 15.8 Å². The maximum Gasteiger partial charge on any atom is 0.275 e. The fraction of sp³-hybridized carbons (Fsp3) is 0.238. The number of aryl methyl sites for hydroxylation is 1. The number of nitrogens with zero attached hydrogens (tertiary/aromatic N) is 5. The monoisotopic (exact) mass is 455 g/mol. The molecule has 1 aliphatic rings. The van der Waals surface area contributed by atoms with Crippen LogP contribution in [0.2, 0.25) is 5.02 Å². The van der Waals surface area contributed by atoms with Crippen molar-refractivity contribution in [1.82, 2.24) is 23.4 Å². The average Bonchev–Trinajstić information content (AvgIpc) is 3.36. The van der Waals surface area contributed by atoms with Crippen molar-refractivity contribution in [2.24, 2.45) is 0 Å². The minimum atomic E-state index is -0.204. The molecule has 0 saturated carbocycles. The molecule has 8 nitrogen and oxygen atoms in total. The lowest BCUT2D eigenvalue weighted by atomic mass is 10.2. The maximum atomic E-state index is 12.9. The van der Waals surface area contributed by atoms with Gasteiger partial charge in [0.05, 0.1) is 28.7 Å². The Hall–Kier alpha value is -3.17. The average molecular weight is 456 g/mol. The Kier molecular flexibility index (Phi) is 4.99. The van der Waals surface area contributed by atoms with Crippen molar-refractivity contribution in [3.8, 4) is 11.6 Å². The second kappa shape index (κ2) is 7.82. The van der Waals surface area contributed by atoms with E-state index in [9.17, 15) is 9.59 Å². The summed E-state index contributed by atoms with van der Waals surface area (Å²) in [7, 11) is 0. The van der Waals surface area contributed by atoms with Crippen LogP contribution in [-0.4, -0.2) is 49.0 Å². The number of carbonyl (C=O) groups is 1. The van der Waals surface area contributed by atoms with Crippen molar-refractivity contribution in [1.29, 1.82) is 0 Å². The fourth-order valence-electron chi connectivity index (χ4n) is 3.67. The zero-order valence-electron chi connectivity index (χ0n) is 16.6. The number of hydrogen-bond donors (Lipinski definition) is 0. The lowest BCUT2D eigenvalue weighted by Gasteiger charge is -2.29. The molecule has 0 spiro atoms. The molecule has 0 saturated heterocycles. The van der Waals surface area contributed by atoms with E-state index in [2.05, 4.69) is 9.36 Å². The van der Waals surface area contributed by atoms with Crippen molar-refractivity contribution >= 4 is 39.1 Å². The fourth-order valence-corrected chi connectivity index (χ4v) is 4.55. The van der Waals surface area contributed by atoms with Crippen LogP contribution in [0.3, 0.4) is 0 Å². The molecule has 31 heavy (non-hydrogen) atoms. The van der Waals surface area contributed by atoms with Gasteiger partial charge in [0.25, 0.3) is 11.5 Å². The van der Waals surface area contributed by atoms with E-state index in [1.165, 1.54) is 16.1 Å². The summed E-state index contributed by atoms with van der Waals surface area (Å²) in [6.45, 7) is 3.42. The van der Waals surface area contributed by atoms with Gasteiger partial charge in [0.15, 0.2) is 0 Å².